The van der Waals surface area contributed by atoms with E-state index in [1.165, 1.54) is 12.3 Å². The van der Waals surface area contributed by atoms with Crippen molar-refractivity contribution in [3.63, 3.8) is 0 Å². The molecule has 1 aromatic carbocycles. The van der Waals surface area contributed by atoms with Crippen LogP contribution >= 0.6 is 11.6 Å². The van der Waals surface area contributed by atoms with Crippen LogP contribution < -0.4 is 5.32 Å². The van der Waals surface area contributed by atoms with Crippen molar-refractivity contribution in [3.05, 3.63) is 57.0 Å². The molecule has 1 amide bonds. The number of furan rings is 1. The molecule has 0 aliphatic heterocycles. The average molecular weight is 311 g/mol. The van der Waals surface area contributed by atoms with Gasteiger partial charge in [0.05, 0.1) is 22.3 Å². The molecule has 0 aliphatic carbocycles. The molecule has 0 atom stereocenters. The average Bonchev–Trinajstić information content (AvgIpc) is 2.85. The van der Waals surface area contributed by atoms with E-state index in [4.69, 9.17) is 21.1 Å². The van der Waals surface area contributed by atoms with Gasteiger partial charge in [-0.15, -0.1) is 0 Å². The molecular formula is C12H7ClN2O6. The van der Waals surface area contributed by atoms with Gasteiger partial charge in [-0.05, 0) is 29.8 Å². The Balaban J connectivity index is 2.36. The van der Waals surface area contributed by atoms with Crippen molar-refractivity contribution in [2.24, 2.45) is 0 Å². The number of nitrogens with one attached hydrogen (secondary N) is 1. The van der Waals surface area contributed by atoms with E-state index in [2.05, 4.69) is 5.32 Å². The van der Waals surface area contributed by atoms with Gasteiger partial charge in [-0.1, -0.05) is 0 Å². The molecule has 0 saturated carbocycles. The number of benzene rings is 1. The van der Waals surface area contributed by atoms with Crippen LogP contribution in [0.15, 0.2) is 34.9 Å². The third-order valence-corrected chi connectivity index (χ3v) is 2.84. The quantitative estimate of drug-likeness (QED) is 0.661. The molecule has 0 saturated heterocycles. The number of halogens is 1. The smallest absolute Gasteiger partial charge is 0.335 e. The third kappa shape index (κ3) is 3.00. The van der Waals surface area contributed by atoms with Crippen LogP contribution in [0, 0.1) is 10.1 Å². The molecule has 0 radical (unpaired) electrons. The summed E-state index contributed by atoms with van der Waals surface area (Å²) in [5.41, 5.74) is -0.940. The Kier molecular flexibility index (Phi) is 3.90. The molecule has 0 spiro atoms. The summed E-state index contributed by atoms with van der Waals surface area (Å²) in [6, 6.07) is 4.43. The van der Waals surface area contributed by atoms with Crippen molar-refractivity contribution in [2.75, 3.05) is 5.32 Å². The minimum atomic E-state index is -1.31. The van der Waals surface area contributed by atoms with Crippen molar-refractivity contribution in [3.8, 4) is 0 Å². The minimum absolute atomic E-state index is 0.00766. The van der Waals surface area contributed by atoms with Crippen LogP contribution in [0.5, 0.6) is 0 Å². The summed E-state index contributed by atoms with van der Waals surface area (Å²) in [5.74, 6) is -2.02. The van der Waals surface area contributed by atoms with Crippen LogP contribution in [0.25, 0.3) is 0 Å². The predicted octanol–water partition coefficient (Wildman–Crippen LogP) is 2.79. The molecule has 0 unspecified atom stereocenters. The van der Waals surface area contributed by atoms with Gasteiger partial charge in [0, 0.05) is 6.07 Å². The fraction of sp³-hybridized carbons (Fsp3) is 0. The number of carbonyl (C=O) groups is 2. The van der Waals surface area contributed by atoms with Crippen molar-refractivity contribution in [2.45, 2.75) is 0 Å². The maximum atomic E-state index is 11.9. The molecule has 0 fully saturated rings. The molecule has 8 nitrogen and oxygen atoms in total. The summed E-state index contributed by atoms with van der Waals surface area (Å²) in [4.78, 5) is 32.9. The van der Waals surface area contributed by atoms with E-state index in [9.17, 15) is 19.7 Å². The number of hydrogen-bond acceptors (Lipinski definition) is 5. The van der Waals surface area contributed by atoms with Crippen molar-refractivity contribution in [1.29, 1.82) is 0 Å². The number of carboxylic acid groups (broad SMARTS) is 1. The van der Waals surface area contributed by atoms with Gasteiger partial charge in [0.1, 0.15) is 5.69 Å². The topological polar surface area (TPSA) is 123 Å². The summed E-state index contributed by atoms with van der Waals surface area (Å²) < 4.78 is 4.74. The predicted molar refractivity (Wildman–Crippen MR) is 71.7 cm³/mol. The van der Waals surface area contributed by atoms with E-state index in [0.29, 0.717) is 0 Å². The van der Waals surface area contributed by atoms with Gasteiger partial charge in [0.25, 0.3) is 11.6 Å². The van der Waals surface area contributed by atoms with E-state index in [-0.39, 0.29) is 22.0 Å². The number of nitro groups is 1. The molecule has 21 heavy (non-hydrogen) atoms. The fourth-order valence-electron chi connectivity index (χ4n) is 1.57. The number of rotatable bonds is 4. The number of anilines is 1. The molecule has 1 aromatic heterocycles. The van der Waals surface area contributed by atoms with Crippen LogP contribution in [0.2, 0.25) is 5.22 Å². The minimum Gasteiger partial charge on any atom is -0.478 e. The zero-order valence-electron chi connectivity index (χ0n) is 10.2. The number of carboxylic acids is 1. The molecular weight excluding hydrogens is 304 g/mol. The van der Waals surface area contributed by atoms with Gasteiger partial charge in [-0.25, -0.2) is 4.79 Å². The molecule has 0 bridgehead atoms. The number of carbonyl (C=O) groups excluding carboxylic acids is 1. The summed E-state index contributed by atoms with van der Waals surface area (Å²) in [5, 5.41) is 21.9. The van der Waals surface area contributed by atoms with Crippen molar-refractivity contribution < 1.29 is 24.0 Å². The van der Waals surface area contributed by atoms with Crippen LogP contribution in [0.4, 0.5) is 11.4 Å². The summed E-state index contributed by atoms with van der Waals surface area (Å²) in [6.07, 6.45) is 1.19. The Bertz CT molecular complexity index is 739. The Morgan fingerprint density at radius 1 is 1.33 bits per heavy atom. The van der Waals surface area contributed by atoms with E-state index in [1.807, 2.05) is 0 Å². The number of hydrogen-bond donors (Lipinski definition) is 2. The highest BCUT2D eigenvalue weighted by Gasteiger charge is 2.21. The second-order valence-electron chi connectivity index (χ2n) is 3.86. The fourth-order valence-corrected chi connectivity index (χ4v) is 1.77. The lowest BCUT2D eigenvalue weighted by Crippen LogP contribution is -2.13. The molecule has 2 aromatic rings. The molecule has 0 aliphatic rings. The van der Waals surface area contributed by atoms with Crippen LogP contribution in [0.1, 0.15) is 20.7 Å². The highest BCUT2D eigenvalue weighted by Crippen LogP contribution is 2.27. The first-order valence-corrected chi connectivity index (χ1v) is 5.84. The Labute approximate surface area is 122 Å². The van der Waals surface area contributed by atoms with Crippen LogP contribution in [0.3, 0.4) is 0 Å². The summed E-state index contributed by atoms with van der Waals surface area (Å²) in [7, 11) is 0. The summed E-state index contributed by atoms with van der Waals surface area (Å²) >= 11 is 5.63. The Morgan fingerprint density at radius 3 is 2.57 bits per heavy atom. The third-order valence-electron chi connectivity index (χ3n) is 2.55. The van der Waals surface area contributed by atoms with Crippen molar-refractivity contribution in [1.82, 2.24) is 0 Å². The van der Waals surface area contributed by atoms with Gasteiger partial charge < -0.3 is 14.8 Å². The lowest BCUT2D eigenvalue weighted by atomic mass is 10.1. The highest BCUT2D eigenvalue weighted by atomic mass is 35.5. The Hall–Kier alpha value is -2.87. The summed E-state index contributed by atoms with van der Waals surface area (Å²) in [6.45, 7) is 0. The molecule has 2 N–H and O–H groups in total. The standard InChI is InChI=1S/C12H7ClN2O6/c13-10-7(3-4-21-10)11(16)14-8-2-1-6(12(17)18)5-9(8)15(19)20/h1-5H,(H,14,16)(H,17,18). The van der Waals surface area contributed by atoms with E-state index >= 15 is 0 Å². The van der Waals surface area contributed by atoms with Crippen LogP contribution in [-0.4, -0.2) is 21.9 Å². The SMILES string of the molecule is O=C(O)c1ccc(NC(=O)c2ccoc2Cl)c([N+](=O)[O-])c1. The largest absolute Gasteiger partial charge is 0.478 e. The van der Waals surface area contributed by atoms with E-state index in [1.54, 1.807) is 0 Å². The van der Waals surface area contributed by atoms with Gasteiger partial charge in [-0.2, -0.15) is 0 Å². The maximum Gasteiger partial charge on any atom is 0.335 e. The molecule has 2 rings (SSSR count). The molecule has 108 valence electrons. The number of aromatic carboxylic acids is 1. The van der Waals surface area contributed by atoms with Gasteiger partial charge in [-0.3, -0.25) is 14.9 Å². The zero-order chi connectivity index (χ0) is 15.6. The van der Waals surface area contributed by atoms with E-state index < -0.39 is 22.5 Å². The normalized spacial score (nSPS) is 10.1. The van der Waals surface area contributed by atoms with Gasteiger partial charge in [0.15, 0.2) is 0 Å². The monoisotopic (exact) mass is 310 g/mol. The lowest BCUT2D eigenvalue weighted by molar-refractivity contribution is -0.383. The molecule has 9 heteroatoms. The first-order chi connectivity index (χ1) is 9.90. The second kappa shape index (κ2) is 5.63. The highest BCUT2D eigenvalue weighted by molar-refractivity contribution is 6.32. The van der Waals surface area contributed by atoms with Crippen LogP contribution in [-0.2, 0) is 0 Å². The maximum absolute atomic E-state index is 11.9. The van der Waals surface area contributed by atoms with Crippen molar-refractivity contribution >= 4 is 34.9 Å². The lowest BCUT2D eigenvalue weighted by Gasteiger charge is -2.05. The van der Waals surface area contributed by atoms with E-state index in [0.717, 1.165) is 18.2 Å². The number of nitro benzene ring substituents is 1. The molecule has 1 heterocycles. The van der Waals surface area contributed by atoms with Gasteiger partial charge >= 0.3 is 5.97 Å². The zero-order valence-corrected chi connectivity index (χ0v) is 11.0. The first-order valence-electron chi connectivity index (χ1n) is 5.46. The number of nitrogens with zero attached hydrogens (tertiary/aromatic N) is 1. The first kappa shape index (κ1) is 14.5. The van der Waals surface area contributed by atoms with Gasteiger partial charge in [0.2, 0.25) is 5.22 Å². The second-order valence-corrected chi connectivity index (χ2v) is 4.20. The Morgan fingerprint density at radius 2 is 2.05 bits per heavy atom. The number of amides is 1.